The number of aromatic nitrogens is 2. The summed E-state index contributed by atoms with van der Waals surface area (Å²) in [5, 5.41) is 3.49. The van der Waals surface area contributed by atoms with Crippen molar-refractivity contribution in [2.45, 2.75) is 12.8 Å². The minimum Gasteiger partial charge on any atom is -0.492 e. The Morgan fingerprint density at radius 1 is 1.19 bits per heavy atom. The first kappa shape index (κ1) is 16.3. The molecule has 0 spiro atoms. The summed E-state index contributed by atoms with van der Waals surface area (Å²) in [5.41, 5.74) is 1.56. The molecule has 2 N–H and O–H groups in total. The summed E-state index contributed by atoms with van der Waals surface area (Å²) in [4.78, 5) is 31.7. The van der Waals surface area contributed by atoms with Crippen molar-refractivity contribution in [3.63, 3.8) is 0 Å². The quantitative estimate of drug-likeness (QED) is 0.753. The van der Waals surface area contributed by atoms with E-state index in [1.54, 1.807) is 6.07 Å². The Kier molecular flexibility index (Phi) is 4.39. The van der Waals surface area contributed by atoms with E-state index in [2.05, 4.69) is 15.3 Å². The van der Waals surface area contributed by atoms with E-state index in [0.717, 1.165) is 11.3 Å². The zero-order valence-electron chi connectivity index (χ0n) is 14.2. The highest BCUT2D eigenvalue weighted by Gasteiger charge is 2.25. The number of H-pyrrole nitrogens is 1. The van der Waals surface area contributed by atoms with Crippen LogP contribution in [-0.2, 0) is 17.6 Å². The van der Waals surface area contributed by atoms with E-state index in [4.69, 9.17) is 4.74 Å². The number of benzene rings is 2. The lowest BCUT2D eigenvalue weighted by Gasteiger charge is -2.24. The van der Waals surface area contributed by atoms with Gasteiger partial charge in [-0.15, -0.1) is 0 Å². The molecule has 4 rings (SSSR count). The predicted molar refractivity (Wildman–Crippen MR) is 98.2 cm³/mol. The Morgan fingerprint density at radius 3 is 2.92 bits per heavy atom. The van der Waals surface area contributed by atoms with E-state index >= 15 is 0 Å². The van der Waals surface area contributed by atoms with Crippen molar-refractivity contribution in [3.05, 3.63) is 70.3 Å². The molecule has 2 aromatic carbocycles. The SMILES string of the molecule is O=C(NCCc1nc2ccccc2c(=O)[nH]1)C1COc2ccccc2C1. The second kappa shape index (κ2) is 7.00. The second-order valence-electron chi connectivity index (χ2n) is 6.39. The van der Waals surface area contributed by atoms with Crippen LogP contribution >= 0.6 is 0 Å². The number of aromatic amines is 1. The van der Waals surface area contributed by atoms with Gasteiger partial charge >= 0.3 is 0 Å². The second-order valence-corrected chi connectivity index (χ2v) is 6.39. The van der Waals surface area contributed by atoms with Crippen molar-refractivity contribution >= 4 is 16.8 Å². The Hall–Kier alpha value is -3.15. The summed E-state index contributed by atoms with van der Waals surface area (Å²) in [6.07, 6.45) is 1.14. The van der Waals surface area contributed by atoms with Crippen molar-refractivity contribution in [2.24, 2.45) is 5.92 Å². The maximum absolute atomic E-state index is 12.4. The van der Waals surface area contributed by atoms with Gasteiger partial charge in [0.15, 0.2) is 0 Å². The monoisotopic (exact) mass is 349 g/mol. The number of rotatable bonds is 4. The number of ether oxygens (including phenoxy) is 1. The van der Waals surface area contributed by atoms with E-state index in [9.17, 15) is 9.59 Å². The van der Waals surface area contributed by atoms with Crippen molar-refractivity contribution in [2.75, 3.05) is 13.2 Å². The Labute approximate surface area is 150 Å². The van der Waals surface area contributed by atoms with Gasteiger partial charge in [-0.05, 0) is 30.2 Å². The van der Waals surface area contributed by atoms with Gasteiger partial charge in [-0.3, -0.25) is 9.59 Å². The number of carbonyl (C=O) groups excluding carboxylic acids is 1. The van der Waals surface area contributed by atoms with Gasteiger partial charge < -0.3 is 15.0 Å². The van der Waals surface area contributed by atoms with Gasteiger partial charge in [0.05, 0.1) is 16.8 Å². The van der Waals surface area contributed by atoms with Crippen molar-refractivity contribution in [3.8, 4) is 5.75 Å². The number of hydrogen-bond acceptors (Lipinski definition) is 4. The lowest BCUT2D eigenvalue weighted by Crippen LogP contribution is -2.38. The zero-order chi connectivity index (χ0) is 17.9. The van der Waals surface area contributed by atoms with Crippen LogP contribution in [0.1, 0.15) is 11.4 Å². The molecule has 0 fully saturated rings. The summed E-state index contributed by atoms with van der Waals surface area (Å²) in [6, 6.07) is 15.0. The average molecular weight is 349 g/mol. The van der Waals surface area contributed by atoms with Crippen molar-refractivity contribution in [1.29, 1.82) is 0 Å². The molecule has 6 nitrogen and oxygen atoms in total. The van der Waals surface area contributed by atoms with Gasteiger partial charge in [-0.1, -0.05) is 30.3 Å². The minimum atomic E-state index is -0.200. The fourth-order valence-electron chi connectivity index (χ4n) is 3.20. The van der Waals surface area contributed by atoms with Crippen LogP contribution in [-0.4, -0.2) is 29.0 Å². The number of nitrogens with one attached hydrogen (secondary N) is 2. The van der Waals surface area contributed by atoms with Crippen LogP contribution in [0.2, 0.25) is 0 Å². The molecular weight excluding hydrogens is 330 g/mol. The predicted octanol–water partition coefficient (Wildman–Crippen LogP) is 1.83. The topological polar surface area (TPSA) is 84.1 Å². The number of nitrogens with zero attached hydrogens (tertiary/aromatic N) is 1. The minimum absolute atomic E-state index is 0.0392. The molecular formula is C20H19N3O3. The molecule has 1 aliphatic heterocycles. The van der Waals surface area contributed by atoms with Gasteiger partial charge in [0.2, 0.25) is 5.91 Å². The molecule has 0 aliphatic carbocycles. The zero-order valence-corrected chi connectivity index (χ0v) is 14.2. The smallest absolute Gasteiger partial charge is 0.258 e. The van der Waals surface area contributed by atoms with Crippen LogP contribution < -0.4 is 15.6 Å². The van der Waals surface area contributed by atoms with E-state index in [-0.39, 0.29) is 17.4 Å². The third kappa shape index (κ3) is 3.31. The van der Waals surface area contributed by atoms with Crippen LogP contribution in [0.3, 0.4) is 0 Å². The molecule has 1 aromatic heterocycles. The Bertz CT molecular complexity index is 1010. The van der Waals surface area contributed by atoms with Crippen LogP contribution in [0.25, 0.3) is 10.9 Å². The molecule has 0 saturated heterocycles. The summed E-state index contributed by atoms with van der Waals surface area (Å²) >= 11 is 0. The highest BCUT2D eigenvalue weighted by Crippen LogP contribution is 2.26. The Morgan fingerprint density at radius 2 is 2.00 bits per heavy atom. The lowest BCUT2D eigenvalue weighted by molar-refractivity contribution is -0.126. The third-order valence-electron chi connectivity index (χ3n) is 4.57. The molecule has 1 amide bonds. The van der Waals surface area contributed by atoms with Crippen LogP contribution in [0.4, 0.5) is 0 Å². The highest BCUT2D eigenvalue weighted by molar-refractivity contribution is 5.79. The highest BCUT2D eigenvalue weighted by atomic mass is 16.5. The van der Waals surface area contributed by atoms with Gasteiger partial charge in [0.25, 0.3) is 5.56 Å². The summed E-state index contributed by atoms with van der Waals surface area (Å²) in [6.45, 7) is 0.798. The molecule has 3 aromatic rings. The Balaban J connectivity index is 1.36. The van der Waals surface area contributed by atoms with Crippen LogP contribution in [0, 0.1) is 5.92 Å². The van der Waals surface area contributed by atoms with Crippen molar-refractivity contribution < 1.29 is 9.53 Å². The largest absolute Gasteiger partial charge is 0.492 e. The van der Waals surface area contributed by atoms with E-state index in [1.165, 1.54) is 0 Å². The first-order valence-corrected chi connectivity index (χ1v) is 8.67. The molecule has 1 unspecified atom stereocenters. The maximum Gasteiger partial charge on any atom is 0.258 e. The van der Waals surface area contributed by atoms with E-state index in [1.807, 2.05) is 42.5 Å². The summed E-state index contributed by atoms with van der Waals surface area (Å²) in [5.74, 6) is 1.19. The fraction of sp³-hybridized carbons (Fsp3) is 0.250. The first-order valence-electron chi connectivity index (χ1n) is 8.67. The molecule has 0 saturated carbocycles. The number of fused-ring (bicyclic) bond motifs is 2. The molecule has 26 heavy (non-hydrogen) atoms. The maximum atomic E-state index is 12.4. The van der Waals surface area contributed by atoms with Crippen molar-refractivity contribution in [1.82, 2.24) is 15.3 Å². The third-order valence-corrected chi connectivity index (χ3v) is 4.57. The van der Waals surface area contributed by atoms with E-state index in [0.29, 0.717) is 42.7 Å². The summed E-state index contributed by atoms with van der Waals surface area (Å²) in [7, 11) is 0. The van der Waals surface area contributed by atoms with Gasteiger partial charge in [-0.25, -0.2) is 4.98 Å². The van der Waals surface area contributed by atoms with Gasteiger partial charge in [0, 0.05) is 13.0 Å². The number of para-hydroxylation sites is 2. The molecule has 6 heteroatoms. The molecule has 0 bridgehead atoms. The number of amides is 1. The number of hydrogen-bond donors (Lipinski definition) is 2. The molecule has 0 radical (unpaired) electrons. The fourth-order valence-corrected chi connectivity index (χ4v) is 3.20. The van der Waals surface area contributed by atoms with Gasteiger partial charge in [-0.2, -0.15) is 0 Å². The average Bonchev–Trinajstić information content (AvgIpc) is 2.67. The molecule has 132 valence electrons. The molecule has 1 atom stereocenters. The standard InChI is InChI=1S/C20H19N3O3/c24-19(14-11-13-5-1-4-8-17(13)26-12-14)21-10-9-18-22-16-7-3-2-6-15(16)20(25)23-18/h1-8,14H,9-12H2,(H,21,24)(H,22,23,25). The van der Waals surface area contributed by atoms with Crippen LogP contribution in [0.15, 0.2) is 53.3 Å². The summed E-state index contributed by atoms with van der Waals surface area (Å²) < 4.78 is 5.67. The number of carbonyl (C=O) groups is 1. The van der Waals surface area contributed by atoms with Gasteiger partial charge in [0.1, 0.15) is 18.2 Å². The lowest BCUT2D eigenvalue weighted by atomic mass is 9.96. The molecule has 1 aliphatic rings. The van der Waals surface area contributed by atoms with E-state index < -0.39 is 0 Å². The normalized spacial score (nSPS) is 15.9. The molecule has 2 heterocycles. The van der Waals surface area contributed by atoms with Crippen LogP contribution in [0.5, 0.6) is 5.75 Å². The first-order chi connectivity index (χ1) is 12.7.